The second-order valence-corrected chi connectivity index (χ2v) is 11.2. The van der Waals surface area contributed by atoms with Crippen LogP contribution in [0.1, 0.15) is 40.5 Å². The van der Waals surface area contributed by atoms with E-state index < -0.39 is 61.8 Å². The van der Waals surface area contributed by atoms with Crippen molar-refractivity contribution in [3.63, 3.8) is 0 Å². The number of carbonyl (C=O) groups excluding carboxylic acids is 2. The molecule has 1 fully saturated rings. The molecule has 12 heteroatoms. The van der Waals surface area contributed by atoms with Gasteiger partial charge in [0.2, 0.25) is 9.84 Å². The fourth-order valence-electron chi connectivity index (χ4n) is 3.94. The molecule has 2 N–H and O–H groups in total. The van der Waals surface area contributed by atoms with Gasteiger partial charge in [0.1, 0.15) is 11.9 Å². The SMILES string of the molecule is CC(C)(C)OC(=O)C[C@]1(O)C[C@@](O)(CS(=O)(=O)c2nnnn2-c2ccccc2)C1(C)C=O. The van der Waals surface area contributed by atoms with E-state index in [1.165, 1.54) is 6.92 Å². The minimum absolute atomic E-state index is 0.274. The first-order valence-corrected chi connectivity index (χ1v) is 11.5. The molecule has 0 aliphatic heterocycles. The standard InChI is InChI=1S/C20H26N4O7S/c1-17(2,3)31-15(26)10-19(27)11-20(28,18(19,4)12-25)13-32(29,30)16-21-22-23-24(16)14-8-6-5-7-9-14/h5-9,12,27-28H,10-11,13H2,1-4H3/t18?,19-,20+/m0/s1. The second kappa shape index (κ2) is 7.71. The van der Waals surface area contributed by atoms with Crippen LogP contribution in [0.5, 0.6) is 0 Å². The number of hydrogen-bond donors (Lipinski definition) is 2. The summed E-state index contributed by atoms with van der Waals surface area (Å²) in [6, 6.07) is 8.28. The lowest BCUT2D eigenvalue weighted by molar-refractivity contribution is -0.268. The van der Waals surface area contributed by atoms with Crippen molar-refractivity contribution in [1.82, 2.24) is 20.2 Å². The Bertz CT molecular complexity index is 1130. The Morgan fingerprint density at radius 1 is 1.22 bits per heavy atom. The lowest BCUT2D eigenvalue weighted by Crippen LogP contribution is -2.76. The number of sulfone groups is 1. The molecule has 0 radical (unpaired) electrons. The third-order valence-corrected chi connectivity index (χ3v) is 7.43. The molecule has 0 spiro atoms. The van der Waals surface area contributed by atoms with Crippen molar-refractivity contribution in [1.29, 1.82) is 0 Å². The molecule has 1 aliphatic carbocycles. The van der Waals surface area contributed by atoms with Crippen molar-refractivity contribution in [3.05, 3.63) is 30.3 Å². The van der Waals surface area contributed by atoms with Crippen LogP contribution >= 0.6 is 0 Å². The van der Waals surface area contributed by atoms with Gasteiger partial charge in [0.05, 0.1) is 34.5 Å². The molecule has 3 rings (SSSR count). The summed E-state index contributed by atoms with van der Waals surface area (Å²) in [5.41, 5.74) is -6.51. The van der Waals surface area contributed by atoms with Gasteiger partial charge in [-0.3, -0.25) is 4.79 Å². The smallest absolute Gasteiger partial charge is 0.309 e. The molecule has 174 valence electrons. The predicted molar refractivity (Wildman–Crippen MR) is 110 cm³/mol. The third-order valence-electron chi connectivity index (χ3n) is 5.76. The first-order valence-electron chi connectivity index (χ1n) is 9.86. The molecular formula is C20H26N4O7S. The molecule has 1 aromatic heterocycles. The number of aromatic nitrogens is 4. The van der Waals surface area contributed by atoms with E-state index in [9.17, 15) is 28.2 Å². The van der Waals surface area contributed by atoms with Crippen LogP contribution in [-0.2, 0) is 24.2 Å². The largest absolute Gasteiger partial charge is 0.460 e. The highest BCUT2D eigenvalue weighted by Crippen LogP contribution is 2.58. The van der Waals surface area contributed by atoms with Gasteiger partial charge in [-0.2, -0.15) is 4.68 Å². The Kier molecular flexibility index (Phi) is 5.77. The van der Waals surface area contributed by atoms with Crippen LogP contribution in [0.3, 0.4) is 0 Å². The quantitative estimate of drug-likeness (QED) is 0.427. The zero-order valence-corrected chi connectivity index (χ0v) is 19.0. The Morgan fingerprint density at radius 2 is 1.84 bits per heavy atom. The van der Waals surface area contributed by atoms with Crippen LogP contribution in [0.4, 0.5) is 0 Å². The number of para-hydroxylation sites is 1. The first-order chi connectivity index (χ1) is 14.7. The maximum atomic E-state index is 13.1. The molecule has 3 atom stereocenters. The van der Waals surface area contributed by atoms with Gasteiger partial charge in [-0.05, 0) is 50.3 Å². The number of tetrazole rings is 1. The fraction of sp³-hybridized carbons (Fsp3) is 0.550. The molecule has 1 aromatic carbocycles. The molecule has 1 heterocycles. The van der Waals surface area contributed by atoms with Crippen molar-refractivity contribution in [2.45, 2.75) is 62.5 Å². The van der Waals surface area contributed by atoms with Gasteiger partial charge in [-0.25, -0.2) is 8.42 Å². The number of nitrogens with zero attached hydrogens (tertiary/aromatic N) is 4. The Morgan fingerprint density at radius 3 is 2.41 bits per heavy atom. The molecule has 32 heavy (non-hydrogen) atoms. The molecule has 0 amide bonds. The highest BCUT2D eigenvalue weighted by Gasteiger charge is 2.73. The molecule has 1 aliphatic rings. The van der Waals surface area contributed by atoms with Crippen molar-refractivity contribution in [2.75, 3.05) is 5.75 Å². The van der Waals surface area contributed by atoms with Gasteiger partial charge in [-0.1, -0.05) is 23.3 Å². The molecule has 0 saturated heterocycles. The fourth-order valence-corrected chi connectivity index (χ4v) is 5.67. The summed E-state index contributed by atoms with van der Waals surface area (Å²) in [4.78, 5) is 24.2. The Balaban J connectivity index is 1.87. The number of esters is 1. The van der Waals surface area contributed by atoms with Crippen molar-refractivity contribution >= 4 is 22.1 Å². The minimum Gasteiger partial charge on any atom is -0.460 e. The topological polar surface area (TPSA) is 162 Å². The Hall–Kier alpha value is -2.70. The van der Waals surface area contributed by atoms with Crippen LogP contribution in [0, 0.1) is 5.41 Å². The zero-order valence-electron chi connectivity index (χ0n) is 18.2. The average molecular weight is 467 g/mol. The highest BCUT2D eigenvalue weighted by atomic mass is 32.2. The summed E-state index contributed by atoms with van der Waals surface area (Å²) in [7, 11) is -4.31. The monoisotopic (exact) mass is 466 g/mol. The van der Waals surface area contributed by atoms with Crippen molar-refractivity contribution in [2.24, 2.45) is 5.41 Å². The summed E-state index contributed by atoms with van der Waals surface area (Å²) in [5, 5.41) is 32.2. The van der Waals surface area contributed by atoms with Gasteiger partial charge in [-0.15, -0.1) is 0 Å². The van der Waals surface area contributed by atoms with Gasteiger partial charge < -0.3 is 19.7 Å². The van der Waals surface area contributed by atoms with E-state index >= 15 is 0 Å². The van der Waals surface area contributed by atoms with E-state index in [-0.39, 0.29) is 6.29 Å². The van der Waals surface area contributed by atoms with Crippen molar-refractivity contribution in [3.8, 4) is 5.69 Å². The van der Waals surface area contributed by atoms with Crippen molar-refractivity contribution < 1.29 is 33.0 Å². The van der Waals surface area contributed by atoms with Gasteiger partial charge in [0.25, 0.3) is 5.16 Å². The third kappa shape index (κ3) is 4.05. The number of aliphatic hydroxyl groups is 2. The van der Waals surface area contributed by atoms with Gasteiger partial charge in [0.15, 0.2) is 0 Å². The molecule has 1 saturated carbocycles. The number of carbonyl (C=O) groups is 2. The molecule has 0 bridgehead atoms. The maximum Gasteiger partial charge on any atom is 0.309 e. The van der Waals surface area contributed by atoms with Gasteiger partial charge >= 0.3 is 5.97 Å². The molecular weight excluding hydrogens is 440 g/mol. The molecule has 2 aromatic rings. The first kappa shape index (κ1) is 24.0. The summed E-state index contributed by atoms with van der Waals surface area (Å²) < 4.78 is 32.4. The number of rotatable bonds is 7. The minimum atomic E-state index is -4.31. The lowest BCUT2D eigenvalue weighted by atomic mass is 9.48. The summed E-state index contributed by atoms with van der Waals surface area (Å²) in [6.07, 6.45) is -0.833. The number of benzene rings is 1. The maximum absolute atomic E-state index is 13.1. The van der Waals surface area contributed by atoms with E-state index in [2.05, 4.69) is 15.5 Å². The average Bonchev–Trinajstić information content (AvgIpc) is 3.16. The molecule has 1 unspecified atom stereocenters. The van der Waals surface area contributed by atoms with Gasteiger partial charge in [0, 0.05) is 6.42 Å². The predicted octanol–water partition coefficient (Wildman–Crippen LogP) is 0.239. The summed E-state index contributed by atoms with van der Waals surface area (Å²) in [5.74, 6) is -1.70. The van der Waals surface area contributed by atoms with E-state index in [1.807, 2.05) is 0 Å². The highest BCUT2D eigenvalue weighted by molar-refractivity contribution is 7.91. The van der Waals surface area contributed by atoms with E-state index in [1.54, 1.807) is 51.1 Å². The van der Waals surface area contributed by atoms with Crippen LogP contribution < -0.4 is 0 Å². The Labute approximate surface area is 185 Å². The number of ether oxygens (including phenoxy) is 1. The van der Waals surface area contributed by atoms with E-state index in [0.717, 1.165) is 4.68 Å². The van der Waals surface area contributed by atoms with E-state index in [4.69, 9.17) is 4.74 Å². The summed E-state index contributed by atoms with van der Waals surface area (Å²) >= 11 is 0. The normalized spacial score (nSPS) is 28.1. The second-order valence-electron chi connectivity index (χ2n) is 9.29. The van der Waals surface area contributed by atoms with Crippen LogP contribution in [0.2, 0.25) is 0 Å². The van der Waals surface area contributed by atoms with Crippen LogP contribution in [0.25, 0.3) is 5.69 Å². The molecule has 11 nitrogen and oxygen atoms in total. The van der Waals surface area contributed by atoms with Crippen LogP contribution in [-0.4, -0.2) is 73.6 Å². The number of hydrogen-bond acceptors (Lipinski definition) is 10. The zero-order chi connectivity index (χ0) is 24.0. The summed E-state index contributed by atoms with van der Waals surface area (Å²) in [6.45, 7) is 6.15. The van der Waals surface area contributed by atoms with E-state index in [0.29, 0.717) is 5.69 Å². The number of aldehydes is 1. The lowest BCUT2D eigenvalue weighted by Gasteiger charge is -2.61. The van der Waals surface area contributed by atoms with Crippen LogP contribution in [0.15, 0.2) is 35.5 Å².